The van der Waals surface area contributed by atoms with Gasteiger partial charge in [0.1, 0.15) is 5.75 Å². The molecule has 14 heavy (non-hydrogen) atoms. The molecular weight excluding hydrogens is 182 g/mol. The molecule has 76 valence electrons. The second-order valence-electron chi connectivity index (χ2n) is 3.27. The first-order valence-electron chi connectivity index (χ1n) is 4.28. The first kappa shape index (κ1) is 10.5. The Hall–Kier alpha value is -1.58. The van der Waals surface area contributed by atoms with Gasteiger partial charge in [-0.3, -0.25) is 10.1 Å². The van der Waals surface area contributed by atoms with E-state index in [4.69, 9.17) is 4.74 Å². The van der Waals surface area contributed by atoms with Gasteiger partial charge in [-0.05, 0) is 32.4 Å². The lowest BCUT2D eigenvalue weighted by molar-refractivity contribution is -0.386. The Balaban J connectivity index is 3.52. The van der Waals surface area contributed by atoms with Crippen molar-refractivity contribution in [3.05, 3.63) is 32.9 Å². The standard InChI is InChI=1S/C10H13NO3/c1-6-5-7(2)10(14-4)8(3)9(6)11(12)13/h5H,1-4H3. The second kappa shape index (κ2) is 3.65. The molecule has 0 radical (unpaired) electrons. The van der Waals surface area contributed by atoms with Crippen molar-refractivity contribution in [3.8, 4) is 5.75 Å². The number of aryl methyl sites for hydroxylation is 2. The van der Waals surface area contributed by atoms with E-state index >= 15 is 0 Å². The number of rotatable bonds is 2. The Morgan fingerprint density at radius 2 is 1.86 bits per heavy atom. The Labute approximate surface area is 82.7 Å². The number of nitro benzene ring substituents is 1. The van der Waals surface area contributed by atoms with Crippen molar-refractivity contribution >= 4 is 5.69 Å². The molecule has 4 nitrogen and oxygen atoms in total. The predicted molar refractivity (Wildman–Crippen MR) is 53.9 cm³/mol. The van der Waals surface area contributed by atoms with Gasteiger partial charge in [0.15, 0.2) is 0 Å². The van der Waals surface area contributed by atoms with E-state index in [2.05, 4.69) is 0 Å². The van der Waals surface area contributed by atoms with E-state index in [0.717, 1.165) is 5.56 Å². The molecule has 0 aliphatic rings. The van der Waals surface area contributed by atoms with Crippen molar-refractivity contribution in [1.29, 1.82) is 0 Å². The normalized spacial score (nSPS) is 10.0. The average Bonchev–Trinajstić information content (AvgIpc) is 2.02. The van der Waals surface area contributed by atoms with Crippen molar-refractivity contribution < 1.29 is 9.66 Å². The summed E-state index contributed by atoms with van der Waals surface area (Å²) in [6.07, 6.45) is 0. The highest BCUT2D eigenvalue weighted by atomic mass is 16.6. The van der Waals surface area contributed by atoms with Gasteiger partial charge >= 0.3 is 0 Å². The molecule has 0 bridgehead atoms. The van der Waals surface area contributed by atoms with Gasteiger partial charge in [-0.2, -0.15) is 0 Å². The Bertz CT molecular complexity index is 385. The molecule has 0 amide bonds. The van der Waals surface area contributed by atoms with Crippen LogP contribution in [0.3, 0.4) is 0 Å². The number of benzene rings is 1. The molecule has 0 fully saturated rings. The van der Waals surface area contributed by atoms with Crippen LogP contribution in [0, 0.1) is 30.9 Å². The van der Waals surface area contributed by atoms with Crippen molar-refractivity contribution in [3.63, 3.8) is 0 Å². The maximum absolute atomic E-state index is 10.8. The van der Waals surface area contributed by atoms with E-state index in [-0.39, 0.29) is 10.6 Å². The van der Waals surface area contributed by atoms with Gasteiger partial charge in [0.25, 0.3) is 5.69 Å². The average molecular weight is 195 g/mol. The van der Waals surface area contributed by atoms with Crippen LogP contribution in [0.4, 0.5) is 5.69 Å². The number of nitrogens with zero attached hydrogens (tertiary/aromatic N) is 1. The van der Waals surface area contributed by atoms with Crippen molar-refractivity contribution in [2.75, 3.05) is 7.11 Å². The van der Waals surface area contributed by atoms with E-state index in [9.17, 15) is 10.1 Å². The van der Waals surface area contributed by atoms with Crippen molar-refractivity contribution in [1.82, 2.24) is 0 Å². The molecule has 0 aliphatic carbocycles. The molecule has 0 spiro atoms. The predicted octanol–water partition coefficient (Wildman–Crippen LogP) is 2.53. The molecule has 0 unspecified atom stereocenters. The fraction of sp³-hybridized carbons (Fsp3) is 0.400. The fourth-order valence-electron chi connectivity index (χ4n) is 1.75. The molecule has 0 saturated heterocycles. The highest BCUT2D eigenvalue weighted by Gasteiger charge is 2.19. The summed E-state index contributed by atoms with van der Waals surface area (Å²) in [6, 6.07) is 1.77. The smallest absolute Gasteiger partial charge is 0.278 e. The summed E-state index contributed by atoms with van der Waals surface area (Å²) in [6.45, 7) is 5.32. The quantitative estimate of drug-likeness (QED) is 0.538. The molecule has 0 aromatic heterocycles. The van der Waals surface area contributed by atoms with E-state index in [1.54, 1.807) is 19.9 Å². The lowest BCUT2D eigenvalue weighted by atomic mass is 10.0. The topological polar surface area (TPSA) is 52.4 Å². The number of methoxy groups -OCH3 is 1. The van der Waals surface area contributed by atoms with Crippen LogP contribution in [-0.4, -0.2) is 12.0 Å². The van der Waals surface area contributed by atoms with Crippen LogP contribution in [0.2, 0.25) is 0 Å². The SMILES string of the molecule is COc1c(C)cc(C)c([N+](=O)[O-])c1C. The highest BCUT2D eigenvalue weighted by Crippen LogP contribution is 2.33. The number of hydrogen-bond donors (Lipinski definition) is 0. The zero-order valence-corrected chi connectivity index (χ0v) is 8.75. The third kappa shape index (κ3) is 1.55. The highest BCUT2D eigenvalue weighted by molar-refractivity contribution is 5.57. The third-order valence-corrected chi connectivity index (χ3v) is 2.25. The van der Waals surface area contributed by atoms with Crippen LogP contribution in [0.15, 0.2) is 6.07 Å². The molecule has 4 heteroatoms. The minimum Gasteiger partial charge on any atom is -0.496 e. The van der Waals surface area contributed by atoms with Gasteiger partial charge in [-0.1, -0.05) is 0 Å². The van der Waals surface area contributed by atoms with Gasteiger partial charge in [-0.25, -0.2) is 0 Å². The summed E-state index contributed by atoms with van der Waals surface area (Å²) in [5.74, 6) is 0.599. The van der Waals surface area contributed by atoms with E-state index in [0.29, 0.717) is 16.9 Å². The summed E-state index contributed by atoms with van der Waals surface area (Å²) in [5.41, 5.74) is 2.33. The largest absolute Gasteiger partial charge is 0.496 e. The fourth-order valence-corrected chi connectivity index (χ4v) is 1.75. The van der Waals surface area contributed by atoms with E-state index in [1.165, 1.54) is 7.11 Å². The minimum atomic E-state index is -0.368. The minimum absolute atomic E-state index is 0.146. The third-order valence-electron chi connectivity index (χ3n) is 2.25. The maximum atomic E-state index is 10.8. The zero-order valence-electron chi connectivity index (χ0n) is 8.75. The summed E-state index contributed by atoms with van der Waals surface area (Å²) in [5, 5.41) is 10.8. The molecule has 1 rings (SSSR count). The molecule has 0 heterocycles. The monoisotopic (exact) mass is 195 g/mol. The first-order valence-corrected chi connectivity index (χ1v) is 4.28. The van der Waals surface area contributed by atoms with E-state index in [1.807, 2.05) is 6.92 Å². The Morgan fingerprint density at radius 3 is 2.29 bits per heavy atom. The maximum Gasteiger partial charge on any atom is 0.278 e. The van der Waals surface area contributed by atoms with Crippen LogP contribution in [0.1, 0.15) is 16.7 Å². The van der Waals surface area contributed by atoms with Gasteiger partial charge in [0.05, 0.1) is 17.6 Å². The van der Waals surface area contributed by atoms with Gasteiger partial charge in [0.2, 0.25) is 0 Å². The summed E-state index contributed by atoms with van der Waals surface area (Å²) < 4.78 is 5.12. The van der Waals surface area contributed by atoms with Gasteiger partial charge < -0.3 is 4.74 Å². The van der Waals surface area contributed by atoms with Crippen LogP contribution in [-0.2, 0) is 0 Å². The molecule has 0 atom stereocenters. The summed E-state index contributed by atoms with van der Waals surface area (Å²) in [4.78, 5) is 10.4. The second-order valence-corrected chi connectivity index (χ2v) is 3.27. The van der Waals surface area contributed by atoms with Crippen molar-refractivity contribution in [2.45, 2.75) is 20.8 Å². The van der Waals surface area contributed by atoms with Crippen molar-refractivity contribution in [2.24, 2.45) is 0 Å². The van der Waals surface area contributed by atoms with Crippen LogP contribution in [0.25, 0.3) is 0 Å². The summed E-state index contributed by atoms with van der Waals surface area (Å²) in [7, 11) is 1.52. The molecule has 0 N–H and O–H groups in total. The van der Waals surface area contributed by atoms with Crippen LogP contribution >= 0.6 is 0 Å². The van der Waals surface area contributed by atoms with Gasteiger partial charge in [0, 0.05) is 5.56 Å². The molecule has 1 aromatic carbocycles. The summed E-state index contributed by atoms with van der Waals surface area (Å²) >= 11 is 0. The van der Waals surface area contributed by atoms with Gasteiger partial charge in [-0.15, -0.1) is 0 Å². The number of ether oxygens (including phenoxy) is 1. The number of hydrogen-bond acceptors (Lipinski definition) is 3. The molecule has 1 aromatic rings. The first-order chi connectivity index (χ1) is 6.49. The molecular formula is C10H13NO3. The number of nitro groups is 1. The lowest BCUT2D eigenvalue weighted by Crippen LogP contribution is -1.99. The Kier molecular flexibility index (Phi) is 2.74. The Morgan fingerprint density at radius 1 is 1.29 bits per heavy atom. The van der Waals surface area contributed by atoms with E-state index < -0.39 is 0 Å². The molecule has 0 aliphatic heterocycles. The van der Waals surface area contributed by atoms with Crippen LogP contribution < -0.4 is 4.74 Å². The van der Waals surface area contributed by atoms with Crippen LogP contribution in [0.5, 0.6) is 5.75 Å². The molecule has 0 saturated carbocycles. The zero-order chi connectivity index (χ0) is 10.9. The lowest BCUT2D eigenvalue weighted by Gasteiger charge is -2.10.